The van der Waals surface area contributed by atoms with Gasteiger partial charge in [-0.2, -0.15) is 0 Å². The predicted octanol–water partition coefficient (Wildman–Crippen LogP) is 4.01. The summed E-state index contributed by atoms with van der Waals surface area (Å²) in [6.07, 6.45) is 7.29. The first-order valence-corrected chi connectivity index (χ1v) is 9.72. The van der Waals surface area contributed by atoms with Crippen LogP contribution in [0.4, 0.5) is 0 Å². The van der Waals surface area contributed by atoms with E-state index in [0.717, 1.165) is 42.8 Å². The van der Waals surface area contributed by atoms with Crippen LogP contribution in [0.5, 0.6) is 5.75 Å². The van der Waals surface area contributed by atoms with Gasteiger partial charge in [0.1, 0.15) is 5.75 Å². The lowest BCUT2D eigenvalue weighted by Crippen LogP contribution is -2.38. The molecule has 0 spiro atoms. The van der Waals surface area contributed by atoms with Crippen molar-refractivity contribution in [1.82, 2.24) is 15.6 Å². The Hall–Kier alpha value is -1.83. The van der Waals surface area contributed by atoms with E-state index >= 15 is 0 Å². The lowest BCUT2D eigenvalue weighted by molar-refractivity contribution is 0.296. The number of rotatable bonds is 8. The van der Waals surface area contributed by atoms with Crippen molar-refractivity contribution in [3.63, 3.8) is 0 Å². The smallest absolute Gasteiger partial charge is 0.191 e. The minimum Gasteiger partial charge on any atom is -0.493 e. The van der Waals surface area contributed by atoms with E-state index in [2.05, 4.69) is 58.7 Å². The average molecular weight is 494 g/mol. The Morgan fingerprint density at radius 2 is 2.00 bits per heavy atom. The number of nitrogens with one attached hydrogen (secondary N) is 2. The summed E-state index contributed by atoms with van der Waals surface area (Å²) in [4.78, 5) is 8.47. The van der Waals surface area contributed by atoms with Crippen molar-refractivity contribution in [3.05, 3.63) is 58.9 Å². The summed E-state index contributed by atoms with van der Waals surface area (Å²) < 4.78 is 6.05. The maximum atomic E-state index is 6.05. The van der Waals surface area contributed by atoms with Crippen LogP contribution in [-0.2, 0) is 13.0 Å². The summed E-state index contributed by atoms with van der Waals surface area (Å²) in [5, 5.41) is 6.78. The summed E-state index contributed by atoms with van der Waals surface area (Å²) in [6.45, 7) is 6.53. The van der Waals surface area contributed by atoms with Crippen molar-refractivity contribution in [1.29, 1.82) is 0 Å². The van der Waals surface area contributed by atoms with Crippen molar-refractivity contribution in [3.8, 4) is 5.75 Å². The fourth-order valence-corrected chi connectivity index (χ4v) is 2.93. The molecule has 0 radical (unpaired) electrons. The van der Waals surface area contributed by atoms with Crippen LogP contribution in [-0.4, -0.2) is 31.1 Å². The number of nitrogens with zero attached hydrogens (tertiary/aromatic N) is 2. The molecule has 1 aliphatic rings. The van der Waals surface area contributed by atoms with E-state index in [4.69, 9.17) is 4.74 Å². The summed E-state index contributed by atoms with van der Waals surface area (Å²) in [5.41, 5.74) is 4.91. The van der Waals surface area contributed by atoms with Gasteiger partial charge in [0.2, 0.25) is 0 Å². The first kappa shape index (κ1) is 22.5. The zero-order valence-electron chi connectivity index (χ0n) is 17.0. The topological polar surface area (TPSA) is 58.5 Å². The Balaban J connectivity index is 0.00000280. The molecule has 5 nitrogen and oxygen atoms in total. The Bertz CT molecular complexity index is 790. The Kier molecular flexibility index (Phi) is 9.02. The van der Waals surface area contributed by atoms with Crippen molar-refractivity contribution in [2.24, 2.45) is 10.9 Å². The van der Waals surface area contributed by atoms with Gasteiger partial charge in [0.15, 0.2) is 5.96 Å². The second-order valence-electron chi connectivity index (χ2n) is 7.27. The maximum Gasteiger partial charge on any atom is 0.191 e. The Morgan fingerprint density at radius 3 is 2.71 bits per heavy atom. The van der Waals surface area contributed by atoms with Crippen LogP contribution in [0.25, 0.3) is 0 Å². The fourth-order valence-electron chi connectivity index (χ4n) is 2.93. The summed E-state index contributed by atoms with van der Waals surface area (Å²) in [5.74, 6) is 2.53. The number of benzene rings is 1. The zero-order chi connectivity index (χ0) is 19.1. The average Bonchev–Trinajstić information content (AvgIpc) is 3.50. The standard InChI is InChI=1S/C22H30N4O.HI/c1-16-4-7-20(21(12-16)27-15-18-5-6-18)14-26-22(23-3)25-11-9-19-8-10-24-13-17(19)2;/h4,7-8,10,12-13,18H,5-6,9,11,14-15H2,1-3H3,(H2,23,25,26);1H. The van der Waals surface area contributed by atoms with Crippen LogP contribution in [0.1, 0.15) is 35.1 Å². The van der Waals surface area contributed by atoms with E-state index < -0.39 is 0 Å². The van der Waals surface area contributed by atoms with Crippen LogP contribution < -0.4 is 15.4 Å². The minimum absolute atomic E-state index is 0. The van der Waals surface area contributed by atoms with Gasteiger partial charge in [-0.25, -0.2) is 0 Å². The second-order valence-corrected chi connectivity index (χ2v) is 7.27. The first-order chi connectivity index (χ1) is 13.2. The van der Waals surface area contributed by atoms with Crippen molar-refractivity contribution >= 4 is 29.9 Å². The molecule has 28 heavy (non-hydrogen) atoms. The third-order valence-corrected chi connectivity index (χ3v) is 4.89. The molecule has 1 saturated carbocycles. The molecule has 0 saturated heterocycles. The summed E-state index contributed by atoms with van der Waals surface area (Å²) >= 11 is 0. The highest BCUT2D eigenvalue weighted by Gasteiger charge is 2.22. The van der Waals surface area contributed by atoms with Gasteiger partial charge in [-0.15, -0.1) is 24.0 Å². The Labute approximate surface area is 185 Å². The molecule has 1 aromatic heterocycles. The number of aromatic nitrogens is 1. The molecule has 1 heterocycles. The number of aliphatic imine (C=N–C) groups is 1. The number of aryl methyl sites for hydroxylation is 2. The largest absolute Gasteiger partial charge is 0.493 e. The number of pyridine rings is 1. The van der Waals surface area contributed by atoms with Gasteiger partial charge in [0.25, 0.3) is 0 Å². The number of hydrogen-bond acceptors (Lipinski definition) is 3. The number of halogens is 1. The molecule has 3 rings (SSSR count). The number of hydrogen-bond donors (Lipinski definition) is 2. The third kappa shape index (κ3) is 6.96. The van der Waals surface area contributed by atoms with Crippen LogP contribution in [0.3, 0.4) is 0 Å². The molecule has 2 aromatic rings. The summed E-state index contributed by atoms with van der Waals surface area (Å²) in [6, 6.07) is 8.46. The van der Waals surface area contributed by atoms with Gasteiger partial charge in [-0.1, -0.05) is 12.1 Å². The van der Waals surface area contributed by atoms with Crippen molar-refractivity contribution < 1.29 is 4.74 Å². The highest BCUT2D eigenvalue weighted by atomic mass is 127. The molecular formula is C22H31IN4O. The highest BCUT2D eigenvalue weighted by Crippen LogP contribution is 2.30. The number of ether oxygens (including phenoxy) is 1. The molecule has 1 aromatic carbocycles. The maximum absolute atomic E-state index is 6.05. The van der Waals surface area contributed by atoms with Gasteiger partial charge >= 0.3 is 0 Å². The molecule has 0 aliphatic heterocycles. The summed E-state index contributed by atoms with van der Waals surface area (Å²) in [7, 11) is 1.80. The lowest BCUT2D eigenvalue weighted by atomic mass is 10.1. The van der Waals surface area contributed by atoms with Crippen LogP contribution >= 0.6 is 24.0 Å². The van der Waals surface area contributed by atoms with Gasteiger partial charge in [-0.05, 0) is 67.9 Å². The molecule has 0 unspecified atom stereocenters. The predicted molar refractivity (Wildman–Crippen MR) is 126 cm³/mol. The number of guanidine groups is 1. The highest BCUT2D eigenvalue weighted by molar-refractivity contribution is 14.0. The molecule has 0 atom stereocenters. The molecule has 6 heteroatoms. The van der Waals surface area contributed by atoms with E-state index in [-0.39, 0.29) is 24.0 Å². The third-order valence-electron chi connectivity index (χ3n) is 4.89. The minimum atomic E-state index is 0. The van der Waals surface area contributed by atoms with Crippen molar-refractivity contribution in [2.75, 3.05) is 20.2 Å². The van der Waals surface area contributed by atoms with Crippen LogP contribution in [0, 0.1) is 19.8 Å². The van der Waals surface area contributed by atoms with E-state index in [9.17, 15) is 0 Å². The van der Waals surface area contributed by atoms with Gasteiger partial charge in [0, 0.05) is 38.1 Å². The van der Waals surface area contributed by atoms with E-state index in [1.54, 1.807) is 7.05 Å². The Morgan fingerprint density at radius 1 is 1.18 bits per heavy atom. The van der Waals surface area contributed by atoms with Gasteiger partial charge in [-0.3, -0.25) is 9.98 Å². The van der Waals surface area contributed by atoms with E-state index in [1.807, 2.05) is 12.4 Å². The van der Waals surface area contributed by atoms with Crippen LogP contribution in [0.15, 0.2) is 41.7 Å². The van der Waals surface area contributed by atoms with Gasteiger partial charge in [0.05, 0.1) is 6.61 Å². The molecule has 152 valence electrons. The lowest BCUT2D eigenvalue weighted by Gasteiger charge is -2.15. The molecule has 1 aliphatic carbocycles. The van der Waals surface area contributed by atoms with Crippen molar-refractivity contribution in [2.45, 2.75) is 39.7 Å². The fraction of sp³-hybridized carbons (Fsp3) is 0.455. The normalized spacial score (nSPS) is 13.6. The quantitative estimate of drug-likeness (QED) is 0.331. The van der Waals surface area contributed by atoms with E-state index in [0.29, 0.717) is 6.54 Å². The molecule has 1 fully saturated rings. The SMILES string of the molecule is CN=C(NCCc1ccncc1C)NCc1ccc(C)cc1OCC1CC1.I. The molecule has 2 N–H and O–H groups in total. The monoisotopic (exact) mass is 494 g/mol. The molecule has 0 amide bonds. The van der Waals surface area contributed by atoms with Gasteiger partial charge < -0.3 is 15.4 Å². The first-order valence-electron chi connectivity index (χ1n) is 9.72. The van der Waals surface area contributed by atoms with Crippen LogP contribution in [0.2, 0.25) is 0 Å². The van der Waals surface area contributed by atoms with E-state index in [1.165, 1.54) is 29.5 Å². The second kappa shape index (κ2) is 11.2. The zero-order valence-corrected chi connectivity index (χ0v) is 19.3. The molecule has 0 bridgehead atoms. The molecular weight excluding hydrogens is 463 g/mol.